The number of nitrogens with one attached hydrogen (secondary N) is 1. The molecule has 0 saturated heterocycles. The van der Waals surface area contributed by atoms with Gasteiger partial charge in [-0.25, -0.2) is 19.4 Å². The predicted molar refractivity (Wildman–Crippen MR) is 86.8 cm³/mol. The molecule has 0 unspecified atom stereocenters. The summed E-state index contributed by atoms with van der Waals surface area (Å²) in [6.07, 6.45) is -2.79. The van der Waals surface area contributed by atoms with Crippen LogP contribution >= 0.6 is 0 Å². The summed E-state index contributed by atoms with van der Waals surface area (Å²) in [6, 6.07) is 3.91. The smallest absolute Gasteiger partial charge is 0.425 e. The van der Waals surface area contributed by atoms with Gasteiger partial charge in [0, 0.05) is 37.0 Å². The number of nitrogens with zero attached hydrogens (tertiary/aromatic N) is 3. The third-order valence-electron chi connectivity index (χ3n) is 4.20. The highest BCUT2D eigenvalue weighted by Gasteiger charge is 2.50. The lowest BCUT2D eigenvalue weighted by Gasteiger charge is -2.36. The molecule has 0 saturated carbocycles. The van der Waals surface area contributed by atoms with Crippen molar-refractivity contribution in [1.29, 1.82) is 0 Å². The molecule has 1 aliphatic rings. The second kappa shape index (κ2) is 6.54. The molecular formula is C17H16F4N4O. The monoisotopic (exact) mass is 368 g/mol. The number of alkyl halides is 3. The Labute approximate surface area is 147 Å². The molecule has 0 spiro atoms. The van der Waals surface area contributed by atoms with E-state index in [2.05, 4.69) is 20.3 Å². The number of rotatable bonds is 2. The van der Waals surface area contributed by atoms with E-state index < -0.39 is 30.1 Å². The topological polar surface area (TPSA) is 59.4 Å². The van der Waals surface area contributed by atoms with Crippen molar-refractivity contribution in [1.82, 2.24) is 15.3 Å². The molecule has 0 radical (unpaired) electrons. The van der Waals surface area contributed by atoms with Crippen LogP contribution < -0.4 is 5.32 Å². The van der Waals surface area contributed by atoms with Crippen LogP contribution in [0.25, 0.3) is 11.1 Å². The highest BCUT2D eigenvalue weighted by atomic mass is 19.4. The predicted octanol–water partition coefficient (Wildman–Crippen LogP) is 3.42. The molecule has 1 N–H and O–H groups in total. The van der Waals surface area contributed by atoms with Gasteiger partial charge >= 0.3 is 6.18 Å². The van der Waals surface area contributed by atoms with Crippen molar-refractivity contribution in [2.24, 2.45) is 4.99 Å². The van der Waals surface area contributed by atoms with E-state index in [0.29, 0.717) is 11.1 Å². The van der Waals surface area contributed by atoms with Gasteiger partial charge in [0.15, 0.2) is 6.10 Å². The van der Waals surface area contributed by atoms with Gasteiger partial charge in [-0.3, -0.25) is 0 Å². The fourth-order valence-corrected chi connectivity index (χ4v) is 2.87. The van der Waals surface area contributed by atoms with Gasteiger partial charge < -0.3 is 10.1 Å². The van der Waals surface area contributed by atoms with E-state index in [-0.39, 0.29) is 11.6 Å². The Balaban J connectivity index is 2.08. The average Bonchev–Trinajstić information content (AvgIpc) is 2.61. The van der Waals surface area contributed by atoms with Gasteiger partial charge in [0.2, 0.25) is 0 Å². The summed E-state index contributed by atoms with van der Waals surface area (Å²) in [5.74, 6) is -0.643. The zero-order valence-corrected chi connectivity index (χ0v) is 14.0. The quantitative estimate of drug-likeness (QED) is 0.826. The number of aliphatic imine (C=N–C) groups is 1. The molecule has 1 aliphatic heterocycles. The first kappa shape index (κ1) is 18.1. The van der Waals surface area contributed by atoms with Crippen LogP contribution in [0.4, 0.5) is 17.6 Å². The van der Waals surface area contributed by atoms with E-state index in [4.69, 9.17) is 4.74 Å². The fraction of sp³-hybridized carbons (Fsp3) is 0.353. The van der Waals surface area contributed by atoms with Gasteiger partial charge in [0.05, 0.1) is 5.54 Å². The normalized spacial score (nSPS) is 23.2. The van der Waals surface area contributed by atoms with Crippen LogP contribution in [0.5, 0.6) is 0 Å². The Kier molecular flexibility index (Phi) is 4.55. The van der Waals surface area contributed by atoms with Crippen LogP contribution in [-0.2, 0) is 10.3 Å². The Bertz CT molecular complexity index is 825. The van der Waals surface area contributed by atoms with Crippen LogP contribution in [0.15, 0.2) is 41.9 Å². The summed E-state index contributed by atoms with van der Waals surface area (Å²) in [5, 5.41) is 2.48. The molecule has 0 fully saturated rings. The number of amidine groups is 1. The lowest BCUT2D eigenvalue weighted by molar-refractivity contribution is -0.208. The maximum atomic E-state index is 14.5. The fourth-order valence-electron chi connectivity index (χ4n) is 2.87. The van der Waals surface area contributed by atoms with E-state index in [1.54, 1.807) is 0 Å². The molecular weight excluding hydrogens is 352 g/mol. The van der Waals surface area contributed by atoms with Gasteiger partial charge in [-0.2, -0.15) is 13.2 Å². The maximum absolute atomic E-state index is 14.5. The minimum atomic E-state index is -4.60. The summed E-state index contributed by atoms with van der Waals surface area (Å²) < 4.78 is 59.1. The van der Waals surface area contributed by atoms with E-state index in [0.717, 1.165) is 0 Å². The summed E-state index contributed by atoms with van der Waals surface area (Å²) in [4.78, 5) is 12.0. The van der Waals surface area contributed by atoms with Gasteiger partial charge in [-0.05, 0) is 24.6 Å². The van der Waals surface area contributed by atoms with Crippen molar-refractivity contribution in [3.63, 3.8) is 0 Å². The molecule has 3 rings (SSSR count). The Hall–Kier alpha value is -2.71. The molecule has 1 aromatic carbocycles. The SMILES string of the molecule is CNC1=N[C@](C)(c2cc(-c3cncnc3)ccc2F)C[C@@H](C(F)(F)F)O1. The average molecular weight is 368 g/mol. The Morgan fingerprint density at radius 3 is 2.50 bits per heavy atom. The number of hydrogen-bond donors (Lipinski definition) is 1. The van der Waals surface area contributed by atoms with Crippen molar-refractivity contribution in [2.45, 2.75) is 31.2 Å². The minimum absolute atomic E-state index is 0.0455. The second-order valence-electron chi connectivity index (χ2n) is 6.11. The third kappa shape index (κ3) is 3.47. The number of ether oxygens (including phenoxy) is 1. The minimum Gasteiger partial charge on any atom is -0.452 e. The molecule has 0 aliphatic carbocycles. The van der Waals surface area contributed by atoms with Crippen molar-refractivity contribution in [3.05, 3.63) is 48.3 Å². The maximum Gasteiger partial charge on any atom is 0.425 e. The van der Waals surface area contributed by atoms with Gasteiger partial charge in [0.25, 0.3) is 6.02 Å². The summed E-state index contributed by atoms with van der Waals surface area (Å²) >= 11 is 0. The van der Waals surface area contributed by atoms with E-state index in [1.807, 2.05) is 0 Å². The zero-order chi connectivity index (χ0) is 18.9. The molecule has 0 bridgehead atoms. The van der Waals surface area contributed by atoms with Crippen LogP contribution in [0.2, 0.25) is 0 Å². The number of hydrogen-bond acceptors (Lipinski definition) is 5. The molecule has 1 aromatic heterocycles. The van der Waals surface area contributed by atoms with Gasteiger partial charge in [-0.1, -0.05) is 6.07 Å². The molecule has 2 heterocycles. The van der Waals surface area contributed by atoms with Gasteiger partial charge in [-0.15, -0.1) is 0 Å². The first-order chi connectivity index (χ1) is 12.2. The van der Waals surface area contributed by atoms with Gasteiger partial charge in [0.1, 0.15) is 12.1 Å². The molecule has 2 aromatic rings. The number of halogens is 4. The van der Waals surface area contributed by atoms with Crippen LogP contribution in [-0.4, -0.2) is 35.3 Å². The number of benzene rings is 1. The van der Waals surface area contributed by atoms with E-state index in [1.165, 1.54) is 50.9 Å². The molecule has 26 heavy (non-hydrogen) atoms. The van der Waals surface area contributed by atoms with Crippen LogP contribution in [0.1, 0.15) is 18.9 Å². The summed E-state index contributed by atoms with van der Waals surface area (Å²) in [6.45, 7) is 1.45. The Morgan fingerprint density at radius 2 is 1.88 bits per heavy atom. The second-order valence-corrected chi connectivity index (χ2v) is 6.11. The lowest BCUT2D eigenvalue weighted by Crippen LogP contribution is -2.46. The first-order valence-corrected chi connectivity index (χ1v) is 7.79. The summed E-state index contributed by atoms with van der Waals surface area (Å²) in [5.41, 5.74) is -0.204. The first-order valence-electron chi connectivity index (χ1n) is 7.79. The van der Waals surface area contributed by atoms with Crippen LogP contribution in [0.3, 0.4) is 0 Å². The molecule has 5 nitrogen and oxygen atoms in total. The van der Waals surface area contributed by atoms with Crippen molar-refractivity contribution >= 4 is 6.02 Å². The largest absolute Gasteiger partial charge is 0.452 e. The lowest BCUT2D eigenvalue weighted by atomic mass is 9.84. The highest BCUT2D eigenvalue weighted by Crippen LogP contribution is 2.41. The third-order valence-corrected chi connectivity index (χ3v) is 4.20. The van der Waals surface area contributed by atoms with Crippen molar-refractivity contribution < 1.29 is 22.3 Å². The van der Waals surface area contributed by atoms with Crippen LogP contribution in [0, 0.1) is 5.82 Å². The zero-order valence-electron chi connectivity index (χ0n) is 14.0. The molecule has 2 atom stereocenters. The molecule has 138 valence electrons. The highest BCUT2D eigenvalue weighted by molar-refractivity contribution is 5.75. The van der Waals surface area contributed by atoms with E-state index in [9.17, 15) is 17.6 Å². The molecule has 0 amide bonds. The summed E-state index contributed by atoms with van der Waals surface area (Å²) in [7, 11) is 1.39. The Morgan fingerprint density at radius 1 is 1.19 bits per heavy atom. The standard InChI is InChI=1S/C17H16F4N4O/c1-16(6-14(17(19,20)21)26-15(22-2)25-16)12-5-10(3-4-13(12)18)11-7-23-9-24-8-11/h3-5,7-9,14H,6H2,1-2H3,(H,22,25)/t14-,16-/m0/s1. The van der Waals surface area contributed by atoms with Crippen molar-refractivity contribution in [3.8, 4) is 11.1 Å². The van der Waals surface area contributed by atoms with E-state index >= 15 is 0 Å². The number of aromatic nitrogens is 2. The van der Waals surface area contributed by atoms with Crippen molar-refractivity contribution in [2.75, 3.05) is 7.05 Å². The molecule has 9 heteroatoms.